The van der Waals surface area contributed by atoms with Crippen LogP contribution in [-0.4, -0.2) is 52.9 Å². The van der Waals surface area contributed by atoms with Crippen LogP contribution in [0.4, 0.5) is 0 Å². The van der Waals surface area contributed by atoms with E-state index >= 15 is 0 Å². The third-order valence-electron chi connectivity index (χ3n) is 5.87. The van der Waals surface area contributed by atoms with Gasteiger partial charge in [0.2, 0.25) is 0 Å². The van der Waals surface area contributed by atoms with E-state index in [1.165, 1.54) is 11.3 Å². The van der Waals surface area contributed by atoms with Crippen molar-refractivity contribution in [3.05, 3.63) is 51.8 Å². The molecular weight excluding hydrogens is 400 g/mol. The van der Waals surface area contributed by atoms with Gasteiger partial charge in [0.1, 0.15) is 0 Å². The molecule has 1 aliphatic heterocycles. The number of ether oxygens (including phenoxy) is 1. The minimum Gasteiger partial charge on any atom is -0.378 e. The molecule has 0 radical (unpaired) electrons. The van der Waals surface area contributed by atoms with E-state index in [9.17, 15) is 4.79 Å². The Balaban J connectivity index is 1.53. The Bertz CT molecular complexity index is 889. The first-order chi connectivity index (χ1) is 14.5. The van der Waals surface area contributed by atoms with Crippen molar-refractivity contribution in [3.8, 4) is 0 Å². The molecule has 2 heterocycles. The standard InChI is InChI=1S/C23H31ClN4O2/c1-16(2)15-28-21-7-6-19(25-14-17-4-3-5-18(24)12-17)13-20(21)22(26-28)23(29)27-8-10-30-11-9-27/h3-5,12,16,19,25H,6-11,13-15H2,1-2H3/t19-/m0/s1. The van der Waals surface area contributed by atoms with Crippen molar-refractivity contribution < 1.29 is 9.53 Å². The topological polar surface area (TPSA) is 59.4 Å². The van der Waals surface area contributed by atoms with Gasteiger partial charge in [-0.15, -0.1) is 0 Å². The molecule has 1 aromatic carbocycles. The molecule has 2 aliphatic rings. The van der Waals surface area contributed by atoms with Crippen LogP contribution in [0.3, 0.4) is 0 Å². The fraction of sp³-hybridized carbons (Fsp3) is 0.565. The lowest BCUT2D eigenvalue weighted by molar-refractivity contribution is 0.0297. The summed E-state index contributed by atoms with van der Waals surface area (Å²) in [4.78, 5) is 15.1. The van der Waals surface area contributed by atoms with Crippen LogP contribution in [0.25, 0.3) is 0 Å². The van der Waals surface area contributed by atoms with Crippen LogP contribution in [0.1, 0.15) is 47.6 Å². The number of nitrogens with zero attached hydrogens (tertiary/aromatic N) is 3. The lowest BCUT2D eigenvalue weighted by atomic mass is 9.90. The third-order valence-corrected chi connectivity index (χ3v) is 6.10. The van der Waals surface area contributed by atoms with E-state index in [1.807, 2.05) is 23.1 Å². The van der Waals surface area contributed by atoms with Crippen LogP contribution in [-0.2, 0) is 30.7 Å². The Hall–Kier alpha value is -1.89. The Morgan fingerprint density at radius 3 is 2.87 bits per heavy atom. The van der Waals surface area contributed by atoms with Crippen molar-refractivity contribution in [1.29, 1.82) is 0 Å². The number of hydrogen-bond acceptors (Lipinski definition) is 4. The molecule has 1 atom stereocenters. The van der Waals surface area contributed by atoms with Gasteiger partial charge in [-0.1, -0.05) is 37.6 Å². The van der Waals surface area contributed by atoms with Gasteiger partial charge in [-0.2, -0.15) is 5.10 Å². The van der Waals surface area contributed by atoms with Crippen LogP contribution >= 0.6 is 11.6 Å². The normalized spacial score (nSPS) is 19.2. The molecule has 0 saturated carbocycles. The Morgan fingerprint density at radius 1 is 1.33 bits per heavy atom. The van der Waals surface area contributed by atoms with E-state index in [-0.39, 0.29) is 5.91 Å². The highest BCUT2D eigenvalue weighted by Crippen LogP contribution is 2.27. The quantitative estimate of drug-likeness (QED) is 0.763. The molecule has 1 fully saturated rings. The SMILES string of the molecule is CC(C)Cn1nc(C(=O)N2CCOCC2)c2c1CC[C@H](NCc1cccc(Cl)c1)C2. The average Bonchev–Trinajstić information content (AvgIpc) is 3.09. The van der Waals surface area contributed by atoms with E-state index in [4.69, 9.17) is 21.4 Å². The van der Waals surface area contributed by atoms with Crippen molar-refractivity contribution in [3.63, 3.8) is 0 Å². The third kappa shape index (κ3) is 4.88. The van der Waals surface area contributed by atoms with Crippen LogP contribution < -0.4 is 5.32 Å². The zero-order valence-electron chi connectivity index (χ0n) is 17.9. The fourth-order valence-electron chi connectivity index (χ4n) is 4.36. The van der Waals surface area contributed by atoms with E-state index in [0.717, 1.165) is 42.9 Å². The van der Waals surface area contributed by atoms with Crippen LogP contribution in [0, 0.1) is 5.92 Å². The molecule has 7 heteroatoms. The monoisotopic (exact) mass is 430 g/mol. The number of carbonyl (C=O) groups excluding carboxylic acids is 1. The molecule has 0 spiro atoms. The van der Waals surface area contributed by atoms with E-state index in [1.54, 1.807) is 0 Å². The minimum atomic E-state index is 0.0487. The second kappa shape index (κ2) is 9.50. The number of benzene rings is 1. The second-order valence-corrected chi connectivity index (χ2v) is 9.14. The van der Waals surface area contributed by atoms with Gasteiger partial charge < -0.3 is 15.0 Å². The van der Waals surface area contributed by atoms with Crippen LogP contribution in [0.2, 0.25) is 5.02 Å². The Kier molecular flexibility index (Phi) is 6.76. The summed E-state index contributed by atoms with van der Waals surface area (Å²) in [6, 6.07) is 8.28. The number of nitrogens with one attached hydrogen (secondary N) is 1. The first-order valence-electron chi connectivity index (χ1n) is 10.9. The number of halogens is 1. The van der Waals surface area contributed by atoms with Gasteiger partial charge in [-0.05, 0) is 42.9 Å². The fourth-order valence-corrected chi connectivity index (χ4v) is 4.57. The molecule has 1 aliphatic carbocycles. The average molecular weight is 431 g/mol. The molecule has 1 N–H and O–H groups in total. The first-order valence-corrected chi connectivity index (χ1v) is 11.3. The van der Waals surface area contributed by atoms with Gasteiger partial charge in [0, 0.05) is 48.5 Å². The highest BCUT2D eigenvalue weighted by molar-refractivity contribution is 6.30. The van der Waals surface area contributed by atoms with Gasteiger partial charge in [0.25, 0.3) is 5.91 Å². The number of carbonyl (C=O) groups is 1. The number of amides is 1. The zero-order valence-corrected chi connectivity index (χ0v) is 18.6. The van der Waals surface area contributed by atoms with E-state index < -0.39 is 0 Å². The summed E-state index contributed by atoms with van der Waals surface area (Å²) in [5.41, 5.74) is 4.18. The number of morpholine rings is 1. The number of rotatable bonds is 6. The molecular formula is C23H31ClN4O2. The predicted molar refractivity (Wildman–Crippen MR) is 118 cm³/mol. The van der Waals surface area contributed by atoms with Crippen molar-refractivity contribution in [2.24, 2.45) is 5.92 Å². The number of aromatic nitrogens is 2. The molecule has 162 valence electrons. The Morgan fingerprint density at radius 2 is 2.13 bits per heavy atom. The zero-order chi connectivity index (χ0) is 21.1. The summed E-state index contributed by atoms with van der Waals surface area (Å²) >= 11 is 6.12. The lowest BCUT2D eigenvalue weighted by Gasteiger charge is -2.28. The van der Waals surface area contributed by atoms with Gasteiger partial charge in [-0.3, -0.25) is 9.48 Å². The number of hydrogen-bond donors (Lipinski definition) is 1. The maximum absolute atomic E-state index is 13.3. The summed E-state index contributed by atoms with van der Waals surface area (Å²) in [5.74, 6) is 0.534. The lowest BCUT2D eigenvalue weighted by Crippen LogP contribution is -2.41. The van der Waals surface area contributed by atoms with Gasteiger partial charge in [0.15, 0.2) is 5.69 Å². The van der Waals surface area contributed by atoms with Gasteiger partial charge in [0.05, 0.1) is 13.2 Å². The molecule has 6 nitrogen and oxygen atoms in total. The number of fused-ring (bicyclic) bond motifs is 1. The van der Waals surface area contributed by atoms with E-state index in [0.29, 0.717) is 44.0 Å². The summed E-state index contributed by atoms with van der Waals surface area (Å²) in [5, 5.41) is 9.23. The predicted octanol–water partition coefficient (Wildman–Crippen LogP) is 3.31. The van der Waals surface area contributed by atoms with Crippen molar-refractivity contribution in [2.75, 3.05) is 26.3 Å². The molecule has 1 amide bonds. The van der Waals surface area contributed by atoms with Gasteiger partial charge in [-0.25, -0.2) is 0 Å². The van der Waals surface area contributed by atoms with E-state index in [2.05, 4.69) is 29.9 Å². The largest absolute Gasteiger partial charge is 0.378 e. The maximum atomic E-state index is 13.3. The maximum Gasteiger partial charge on any atom is 0.274 e. The molecule has 2 aromatic rings. The molecule has 1 saturated heterocycles. The molecule has 0 unspecified atom stereocenters. The molecule has 1 aromatic heterocycles. The van der Waals surface area contributed by atoms with Crippen molar-refractivity contribution >= 4 is 17.5 Å². The van der Waals surface area contributed by atoms with Crippen molar-refractivity contribution in [2.45, 2.75) is 52.2 Å². The molecule has 4 rings (SSSR count). The smallest absolute Gasteiger partial charge is 0.274 e. The summed E-state index contributed by atoms with van der Waals surface area (Å²) in [7, 11) is 0. The van der Waals surface area contributed by atoms with Crippen molar-refractivity contribution in [1.82, 2.24) is 20.0 Å². The molecule has 30 heavy (non-hydrogen) atoms. The summed E-state index contributed by atoms with van der Waals surface area (Å²) in [6.45, 7) is 8.48. The Labute approximate surface area is 183 Å². The highest BCUT2D eigenvalue weighted by Gasteiger charge is 2.31. The summed E-state index contributed by atoms with van der Waals surface area (Å²) < 4.78 is 7.50. The van der Waals surface area contributed by atoms with Gasteiger partial charge >= 0.3 is 0 Å². The van der Waals surface area contributed by atoms with Crippen LogP contribution in [0.15, 0.2) is 24.3 Å². The molecule has 0 bridgehead atoms. The summed E-state index contributed by atoms with van der Waals surface area (Å²) in [6.07, 6.45) is 2.82. The van der Waals surface area contributed by atoms with Crippen LogP contribution in [0.5, 0.6) is 0 Å². The second-order valence-electron chi connectivity index (χ2n) is 8.70. The highest BCUT2D eigenvalue weighted by atomic mass is 35.5. The first kappa shape index (κ1) is 21.3. The minimum absolute atomic E-state index is 0.0487.